The Morgan fingerprint density at radius 1 is 1.06 bits per heavy atom. The number of rotatable bonds is 6. The first-order valence-electron chi connectivity index (χ1n) is 9.36. The predicted molar refractivity (Wildman–Crippen MR) is 103 cm³/mol. The van der Waals surface area contributed by atoms with Crippen LogP contribution in [-0.2, 0) is 22.7 Å². The fourth-order valence-corrected chi connectivity index (χ4v) is 3.16. The second kappa shape index (κ2) is 9.09. The van der Waals surface area contributed by atoms with Crippen molar-refractivity contribution >= 4 is 5.97 Å². The third kappa shape index (κ3) is 4.97. The van der Waals surface area contributed by atoms with E-state index in [2.05, 4.69) is 4.74 Å². The predicted octanol–water partition coefficient (Wildman–Crippen LogP) is 5.39. The summed E-state index contributed by atoms with van der Waals surface area (Å²) in [4.78, 5) is 12.3. The number of hydrogen-bond donors (Lipinski definition) is 0. The van der Waals surface area contributed by atoms with Crippen LogP contribution in [-0.4, -0.2) is 12.6 Å². The summed E-state index contributed by atoms with van der Waals surface area (Å²) in [6.45, 7) is -3.06. The largest absolute Gasteiger partial charge is 0.460 e. The van der Waals surface area contributed by atoms with Gasteiger partial charge in [0.2, 0.25) is 6.29 Å². The summed E-state index contributed by atoms with van der Waals surface area (Å²) in [6, 6.07) is 16.9. The van der Waals surface area contributed by atoms with Gasteiger partial charge in [-0.25, -0.2) is 9.18 Å². The summed E-state index contributed by atoms with van der Waals surface area (Å²) in [5, 5.41) is 0. The zero-order valence-electron chi connectivity index (χ0n) is 16.1. The van der Waals surface area contributed by atoms with Crippen LogP contribution >= 0.6 is 0 Å². The van der Waals surface area contributed by atoms with Gasteiger partial charge in [0.15, 0.2) is 0 Å². The molecule has 8 heteroatoms. The minimum absolute atomic E-state index is 0.0777. The summed E-state index contributed by atoms with van der Waals surface area (Å²) >= 11 is 0. The molecule has 3 aromatic carbocycles. The highest BCUT2D eigenvalue weighted by molar-refractivity contribution is 5.89. The maximum atomic E-state index is 14.0. The molecule has 0 saturated carbocycles. The maximum Gasteiger partial charge on any atom is 0.387 e. The average molecular weight is 430 g/mol. The quantitative estimate of drug-likeness (QED) is 0.491. The van der Waals surface area contributed by atoms with E-state index in [1.54, 1.807) is 0 Å². The van der Waals surface area contributed by atoms with Crippen LogP contribution in [0.1, 0.15) is 33.3 Å². The van der Waals surface area contributed by atoms with Crippen LogP contribution in [0.3, 0.4) is 0 Å². The molecule has 31 heavy (non-hydrogen) atoms. The molecule has 5 nitrogen and oxygen atoms in total. The normalized spacial score (nSPS) is 15.2. The Bertz CT molecular complexity index is 1050. The van der Waals surface area contributed by atoms with Gasteiger partial charge in [0.25, 0.3) is 0 Å². The second-order valence-corrected chi connectivity index (χ2v) is 6.70. The number of benzene rings is 3. The maximum absolute atomic E-state index is 14.0. The molecule has 3 aromatic rings. The van der Waals surface area contributed by atoms with Gasteiger partial charge < -0.3 is 18.9 Å². The molecule has 0 aliphatic carbocycles. The molecule has 0 amide bonds. The summed E-state index contributed by atoms with van der Waals surface area (Å²) in [5.74, 6) is -0.891. The molecule has 0 fully saturated rings. The average Bonchev–Trinajstić information content (AvgIpc) is 2.77. The molecule has 1 heterocycles. The van der Waals surface area contributed by atoms with Gasteiger partial charge in [0, 0.05) is 16.7 Å². The fourth-order valence-electron chi connectivity index (χ4n) is 3.16. The molecule has 0 bridgehead atoms. The van der Waals surface area contributed by atoms with E-state index in [-0.39, 0.29) is 24.5 Å². The van der Waals surface area contributed by atoms with E-state index in [1.807, 2.05) is 30.3 Å². The van der Waals surface area contributed by atoms with E-state index in [1.165, 1.54) is 36.4 Å². The van der Waals surface area contributed by atoms with Crippen LogP contribution in [0.5, 0.6) is 11.5 Å². The highest BCUT2D eigenvalue weighted by Crippen LogP contribution is 2.37. The van der Waals surface area contributed by atoms with Crippen LogP contribution in [0.15, 0.2) is 66.7 Å². The minimum atomic E-state index is -2.96. The van der Waals surface area contributed by atoms with Crippen LogP contribution in [0, 0.1) is 5.82 Å². The van der Waals surface area contributed by atoms with E-state index < -0.39 is 24.7 Å². The number of alkyl halides is 2. The van der Waals surface area contributed by atoms with Gasteiger partial charge in [0.1, 0.15) is 23.9 Å². The van der Waals surface area contributed by atoms with Crippen LogP contribution < -0.4 is 9.47 Å². The lowest BCUT2D eigenvalue weighted by molar-refractivity contribution is -0.112. The molecule has 160 valence electrons. The highest BCUT2D eigenvalue weighted by Gasteiger charge is 2.25. The smallest absolute Gasteiger partial charge is 0.387 e. The molecule has 1 aliphatic heterocycles. The Balaban J connectivity index is 1.48. The number of fused-ring (bicyclic) bond motifs is 1. The van der Waals surface area contributed by atoms with Gasteiger partial charge in [-0.3, -0.25) is 0 Å². The van der Waals surface area contributed by atoms with Crippen molar-refractivity contribution in [1.29, 1.82) is 0 Å². The first-order valence-corrected chi connectivity index (χ1v) is 9.36. The van der Waals surface area contributed by atoms with Gasteiger partial charge in [-0.1, -0.05) is 30.3 Å². The molecule has 0 aromatic heterocycles. The van der Waals surface area contributed by atoms with Crippen molar-refractivity contribution in [3.8, 4) is 11.5 Å². The molecule has 0 spiro atoms. The zero-order valence-corrected chi connectivity index (χ0v) is 16.1. The Morgan fingerprint density at radius 2 is 1.81 bits per heavy atom. The summed E-state index contributed by atoms with van der Waals surface area (Å²) < 4.78 is 59.6. The summed E-state index contributed by atoms with van der Waals surface area (Å²) in [6.07, 6.45) is -0.670. The van der Waals surface area contributed by atoms with Gasteiger partial charge >= 0.3 is 12.6 Å². The molecule has 0 saturated heterocycles. The van der Waals surface area contributed by atoms with Crippen LogP contribution in [0.25, 0.3) is 0 Å². The second-order valence-electron chi connectivity index (χ2n) is 6.70. The van der Waals surface area contributed by atoms with Crippen LogP contribution in [0.4, 0.5) is 13.2 Å². The van der Waals surface area contributed by atoms with Crippen molar-refractivity contribution in [2.45, 2.75) is 26.1 Å². The van der Waals surface area contributed by atoms with E-state index in [9.17, 15) is 18.0 Å². The SMILES string of the molecule is O=C(OCc1cc(F)cc2c1O[C@@H](c1ccccc1)OC2)c1ccc(OC(F)F)cc1. The van der Waals surface area contributed by atoms with Crippen LogP contribution in [0.2, 0.25) is 0 Å². The molecule has 1 aliphatic rings. The summed E-state index contributed by atoms with van der Waals surface area (Å²) in [5.41, 5.74) is 1.79. The topological polar surface area (TPSA) is 54.0 Å². The first kappa shape index (κ1) is 20.7. The molecule has 0 N–H and O–H groups in total. The van der Waals surface area contributed by atoms with Gasteiger partial charge in [-0.05, 0) is 36.4 Å². The molecule has 0 radical (unpaired) electrons. The Hall–Kier alpha value is -3.52. The minimum Gasteiger partial charge on any atom is -0.460 e. The van der Waals surface area contributed by atoms with E-state index in [0.717, 1.165) is 5.56 Å². The van der Waals surface area contributed by atoms with Crippen molar-refractivity contribution in [2.75, 3.05) is 0 Å². The van der Waals surface area contributed by atoms with Gasteiger partial charge in [-0.2, -0.15) is 8.78 Å². The Kier molecular flexibility index (Phi) is 6.08. The standard InChI is InChI=1S/C23H17F3O5/c24-18-10-16(12-28-21(27)14-6-8-19(9-7-14)30-23(25)26)20-17(11-18)13-29-22(31-20)15-4-2-1-3-5-15/h1-11,22-23H,12-13H2/t22-/m0/s1. The Labute approximate surface area is 175 Å². The van der Waals surface area contributed by atoms with E-state index in [4.69, 9.17) is 14.2 Å². The van der Waals surface area contributed by atoms with E-state index >= 15 is 0 Å². The molecular weight excluding hydrogens is 413 g/mol. The monoisotopic (exact) mass is 430 g/mol. The lowest BCUT2D eigenvalue weighted by Gasteiger charge is -2.28. The van der Waals surface area contributed by atoms with Crippen molar-refractivity contribution in [1.82, 2.24) is 0 Å². The fraction of sp³-hybridized carbons (Fsp3) is 0.174. The highest BCUT2D eigenvalue weighted by atomic mass is 19.3. The lowest BCUT2D eigenvalue weighted by Crippen LogP contribution is -2.20. The van der Waals surface area contributed by atoms with Crippen molar-refractivity contribution in [2.24, 2.45) is 0 Å². The number of carbonyl (C=O) groups excluding carboxylic acids is 1. The molecule has 4 rings (SSSR count). The van der Waals surface area contributed by atoms with Gasteiger partial charge in [-0.15, -0.1) is 0 Å². The van der Waals surface area contributed by atoms with Crippen molar-refractivity contribution in [3.05, 3.63) is 94.8 Å². The third-order valence-corrected chi connectivity index (χ3v) is 4.57. The number of halogens is 3. The number of hydrogen-bond acceptors (Lipinski definition) is 5. The summed E-state index contributed by atoms with van der Waals surface area (Å²) in [7, 11) is 0. The lowest BCUT2D eigenvalue weighted by atomic mass is 10.1. The number of ether oxygens (including phenoxy) is 4. The van der Waals surface area contributed by atoms with E-state index in [0.29, 0.717) is 16.9 Å². The van der Waals surface area contributed by atoms with Crippen molar-refractivity contribution in [3.63, 3.8) is 0 Å². The number of carbonyl (C=O) groups is 1. The number of esters is 1. The van der Waals surface area contributed by atoms with Crippen molar-refractivity contribution < 1.29 is 36.9 Å². The molecule has 1 atom stereocenters. The molecule has 0 unspecified atom stereocenters. The molecular formula is C23H17F3O5. The zero-order chi connectivity index (χ0) is 21.8. The third-order valence-electron chi connectivity index (χ3n) is 4.57. The Morgan fingerprint density at radius 3 is 2.52 bits per heavy atom. The van der Waals surface area contributed by atoms with Gasteiger partial charge in [0.05, 0.1) is 12.2 Å². The first-order chi connectivity index (χ1) is 15.0.